The molecule has 1 aliphatic heterocycles. The third kappa shape index (κ3) is 5.77. The highest BCUT2D eigenvalue weighted by Gasteiger charge is 2.24. The fourth-order valence-corrected chi connectivity index (χ4v) is 4.39. The molecule has 0 saturated carbocycles. The molecule has 1 amide bonds. The maximum Gasteiger partial charge on any atom is 0.222 e. The van der Waals surface area contributed by atoms with Crippen molar-refractivity contribution in [2.24, 2.45) is 0 Å². The molecule has 1 aliphatic rings. The highest BCUT2D eigenvalue weighted by Crippen LogP contribution is 2.27. The summed E-state index contributed by atoms with van der Waals surface area (Å²) in [6.45, 7) is 1.38. The molecule has 35 heavy (non-hydrogen) atoms. The van der Waals surface area contributed by atoms with Crippen LogP contribution in [0.15, 0.2) is 85.1 Å². The number of para-hydroxylation sites is 1. The fraction of sp³-hybridized carbons (Fsp3) is 0.241. The normalized spacial score (nSPS) is 14.1. The standard InChI is InChI=1S/C29H27FN2O3/c30-23-10-12-24(13-11-23)34-26-7-1-4-21(20-26)9-14-28(33)32-18-15-25(16-19-32)35-27-8-2-5-22-6-3-17-31-29(22)27/h1-8,10-13,17,20,25H,9,14-16,18-19H2. The maximum absolute atomic E-state index is 13.1. The van der Waals surface area contributed by atoms with E-state index in [0.29, 0.717) is 37.4 Å². The lowest BCUT2D eigenvalue weighted by molar-refractivity contribution is -0.132. The molecule has 0 bridgehead atoms. The van der Waals surface area contributed by atoms with Gasteiger partial charge >= 0.3 is 0 Å². The van der Waals surface area contributed by atoms with Crippen LogP contribution in [0.3, 0.4) is 0 Å². The van der Waals surface area contributed by atoms with Gasteiger partial charge in [-0.15, -0.1) is 0 Å². The van der Waals surface area contributed by atoms with E-state index < -0.39 is 0 Å². The molecule has 4 aromatic rings. The lowest BCUT2D eigenvalue weighted by atomic mass is 10.1. The Morgan fingerprint density at radius 1 is 0.943 bits per heavy atom. The second kappa shape index (κ2) is 10.6. The van der Waals surface area contributed by atoms with Crippen molar-refractivity contribution in [2.45, 2.75) is 31.8 Å². The fourth-order valence-electron chi connectivity index (χ4n) is 4.39. The topological polar surface area (TPSA) is 51.7 Å². The molecular weight excluding hydrogens is 443 g/mol. The smallest absolute Gasteiger partial charge is 0.222 e. The largest absolute Gasteiger partial charge is 0.488 e. The summed E-state index contributed by atoms with van der Waals surface area (Å²) in [5.74, 6) is 1.90. The molecule has 1 saturated heterocycles. The van der Waals surface area contributed by atoms with Crippen molar-refractivity contribution in [1.82, 2.24) is 9.88 Å². The highest BCUT2D eigenvalue weighted by atomic mass is 19.1. The van der Waals surface area contributed by atoms with Crippen LogP contribution in [-0.4, -0.2) is 35.0 Å². The predicted molar refractivity (Wildman–Crippen MR) is 133 cm³/mol. The van der Waals surface area contributed by atoms with Crippen LogP contribution in [0.4, 0.5) is 4.39 Å². The number of fused-ring (bicyclic) bond motifs is 1. The molecule has 1 fully saturated rings. The Morgan fingerprint density at radius 2 is 1.71 bits per heavy atom. The molecule has 0 spiro atoms. The number of piperidine rings is 1. The van der Waals surface area contributed by atoms with Crippen molar-refractivity contribution in [1.29, 1.82) is 0 Å². The number of carbonyl (C=O) groups is 1. The van der Waals surface area contributed by atoms with Gasteiger partial charge in [0, 0.05) is 43.9 Å². The van der Waals surface area contributed by atoms with Gasteiger partial charge in [0.2, 0.25) is 5.91 Å². The third-order valence-electron chi connectivity index (χ3n) is 6.26. The van der Waals surface area contributed by atoms with Gasteiger partial charge in [0.25, 0.3) is 0 Å². The molecule has 0 aliphatic carbocycles. The summed E-state index contributed by atoms with van der Waals surface area (Å²) in [5.41, 5.74) is 1.90. The minimum absolute atomic E-state index is 0.0759. The van der Waals surface area contributed by atoms with Gasteiger partial charge in [0.05, 0.1) is 0 Å². The zero-order valence-electron chi connectivity index (χ0n) is 19.4. The number of aromatic nitrogens is 1. The minimum Gasteiger partial charge on any atom is -0.488 e. The van der Waals surface area contributed by atoms with Crippen LogP contribution in [-0.2, 0) is 11.2 Å². The minimum atomic E-state index is -0.300. The van der Waals surface area contributed by atoms with Crippen LogP contribution in [0.25, 0.3) is 10.9 Å². The Balaban J connectivity index is 1.11. The van der Waals surface area contributed by atoms with Crippen molar-refractivity contribution in [3.63, 3.8) is 0 Å². The zero-order chi connectivity index (χ0) is 24.0. The SMILES string of the molecule is O=C(CCc1cccc(Oc2ccc(F)cc2)c1)N1CCC(Oc2cccc3cccnc23)CC1. The number of amides is 1. The molecule has 178 valence electrons. The molecule has 0 radical (unpaired) electrons. The van der Waals surface area contributed by atoms with Crippen LogP contribution in [0, 0.1) is 5.82 Å². The van der Waals surface area contributed by atoms with Crippen LogP contribution < -0.4 is 9.47 Å². The summed E-state index contributed by atoms with van der Waals surface area (Å²) < 4.78 is 25.2. The van der Waals surface area contributed by atoms with Crippen LogP contribution in [0.1, 0.15) is 24.8 Å². The summed E-state index contributed by atoms with van der Waals surface area (Å²) in [5, 5.41) is 1.06. The van der Waals surface area contributed by atoms with E-state index in [0.717, 1.165) is 35.1 Å². The molecule has 2 heterocycles. The first-order valence-corrected chi connectivity index (χ1v) is 11.9. The van der Waals surface area contributed by atoms with E-state index in [4.69, 9.17) is 9.47 Å². The van der Waals surface area contributed by atoms with Crippen molar-refractivity contribution in [3.05, 3.63) is 96.4 Å². The van der Waals surface area contributed by atoms with Crippen molar-refractivity contribution >= 4 is 16.8 Å². The number of likely N-dealkylation sites (tertiary alicyclic amines) is 1. The third-order valence-corrected chi connectivity index (χ3v) is 6.26. The van der Waals surface area contributed by atoms with Gasteiger partial charge in [-0.25, -0.2) is 4.39 Å². The number of rotatable bonds is 7. The average Bonchev–Trinajstić information content (AvgIpc) is 2.89. The zero-order valence-corrected chi connectivity index (χ0v) is 19.4. The molecule has 0 atom stereocenters. The van der Waals surface area contributed by atoms with E-state index >= 15 is 0 Å². The summed E-state index contributed by atoms with van der Waals surface area (Å²) in [7, 11) is 0. The van der Waals surface area contributed by atoms with E-state index in [9.17, 15) is 9.18 Å². The number of aryl methyl sites for hydroxylation is 1. The molecule has 1 aromatic heterocycles. The first-order valence-electron chi connectivity index (χ1n) is 11.9. The summed E-state index contributed by atoms with van der Waals surface area (Å²) in [6.07, 6.45) is 4.54. The van der Waals surface area contributed by atoms with Gasteiger partial charge in [0.1, 0.15) is 34.7 Å². The summed E-state index contributed by atoms with van der Waals surface area (Å²) >= 11 is 0. The van der Waals surface area contributed by atoms with E-state index in [1.165, 1.54) is 12.1 Å². The van der Waals surface area contributed by atoms with Gasteiger partial charge in [-0.1, -0.05) is 30.3 Å². The number of benzene rings is 3. The number of carbonyl (C=O) groups excluding carboxylic acids is 1. The number of halogens is 1. The number of nitrogens with zero attached hydrogens (tertiary/aromatic N) is 2. The van der Waals surface area contributed by atoms with Crippen molar-refractivity contribution in [2.75, 3.05) is 13.1 Å². The van der Waals surface area contributed by atoms with Crippen molar-refractivity contribution in [3.8, 4) is 17.2 Å². The van der Waals surface area contributed by atoms with E-state index in [-0.39, 0.29) is 17.8 Å². The number of ether oxygens (including phenoxy) is 2. The lowest BCUT2D eigenvalue weighted by Gasteiger charge is -2.32. The van der Waals surface area contributed by atoms with Gasteiger partial charge < -0.3 is 14.4 Å². The Hall–Kier alpha value is -3.93. The summed E-state index contributed by atoms with van der Waals surface area (Å²) in [6, 6.07) is 23.5. The molecule has 3 aromatic carbocycles. The Labute approximate surface area is 204 Å². The summed E-state index contributed by atoms with van der Waals surface area (Å²) in [4.78, 5) is 19.2. The van der Waals surface area contributed by atoms with E-state index in [2.05, 4.69) is 4.98 Å². The van der Waals surface area contributed by atoms with E-state index in [1.54, 1.807) is 18.3 Å². The highest BCUT2D eigenvalue weighted by molar-refractivity contribution is 5.84. The van der Waals surface area contributed by atoms with Crippen LogP contribution >= 0.6 is 0 Å². The van der Waals surface area contributed by atoms with Gasteiger partial charge in [-0.2, -0.15) is 0 Å². The predicted octanol–water partition coefficient (Wildman–Crippen LogP) is 6.17. The van der Waals surface area contributed by atoms with Crippen LogP contribution in [0.5, 0.6) is 17.2 Å². The number of pyridine rings is 1. The average molecular weight is 471 g/mol. The number of hydrogen-bond acceptors (Lipinski definition) is 4. The van der Waals surface area contributed by atoms with Gasteiger partial charge in [0.15, 0.2) is 0 Å². The second-order valence-corrected chi connectivity index (χ2v) is 8.73. The van der Waals surface area contributed by atoms with Crippen LogP contribution in [0.2, 0.25) is 0 Å². The first-order chi connectivity index (χ1) is 17.1. The molecule has 5 rings (SSSR count). The molecule has 0 N–H and O–H groups in total. The Morgan fingerprint density at radius 3 is 2.54 bits per heavy atom. The lowest BCUT2D eigenvalue weighted by Crippen LogP contribution is -2.41. The molecule has 0 unspecified atom stereocenters. The first kappa shape index (κ1) is 22.8. The quantitative estimate of drug-likeness (QED) is 0.324. The van der Waals surface area contributed by atoms with Crippen molar-refractivity contribution < 1.29 is 18.7 Å². The number of hydrogen-bond donors (Lipinski definition) is 0. The Kier molecular flexibility index (Phi) is 6.89. The molecule has 6 heteroatoms. The molecule has 5 nitrogen and oxygen atoms in total. The van der Waals surface area contributed by atoms with E-state index in [1.807, 2.05) is 59.5 Å². The molecular formula is C29H27FN2O3. The monoisotopic (exact) mass is 470 g/mol. The van der Waals surface area contributed by atoms with Gasteiger partial charge in [-0.05, 0) is 60.5 Å². The second-order valence-electron chi connectivity index (χ2n) is 8.73. The Bertz CT molecular complexity index is 1300. The maximum atomic E-state index is 13.1. The van der Waals surface area contributed by atoms with Gasteiger partial charge in [-0.3, -0.25) is 9.78 Å².